The van der Waals surface area contributed by atoms with Crippen molar-refractivity contribution in [3.05, 3.63) is 39.8 Å². The SMILES string of the molecule is COc1cc(NC(=O)NCCn2nc3c(cc2=O)CCC3)cc(OC)c1OC. The van der Waals surface area contributed by atoms with Gasteiger partial charge in [0.15, 0.2) is 11.5 Å². The number of carbonyl (C=O) groups excluding carboxylic acids is 1. The Morgan fingerprint density at radius 1 is 1.11 bits per heavy atom. The Balaban J connectivity index is 1.60. The highest BCUT2D eigenvalue weighted by Gasteiger charge is 2.16. The van der Waals surface area contributed by atoms with E-state index in [1.165, 1.54) is 26.0 Å². The minimum atomic E-state index is -0.413. The number of methoxy groups -OCH3 is 3. The highest BCUT2D eigenvalue weighted by molar-refractivity contribution is 5.90. The molecule has 3 rings (SSSR count). The maximum atomic E-state index is 12.2. The first-order chi connectivity index (χ1) is 13.5. The van der Waals surface area contributed by atoms with Crippen LogP contribution in [-0.2, 0) is 19.4 Å². The predicted octanol–water partition coefficient (Wildman–Crippen LogP) is 1.58. The number of urea groups is 1. The molecule has 2 amide bonds. The zero-order valence-corrected chi connectivity index (χ0v) is 16.2. The fourth-order valence-corrected chi connectivity index (χ4v) is 3.20. The number of hydrogen-bond donors (Lipinski definition) is 2. The number of rotatable bonds is 7. The molecule has 1 aromatic carbocycles. The number of fused-ring (bicyclic) bond motifs is 1. The Labute approximate surface area is 162 Å². The van der Waals surface area contributed by atoms with Crippen LogP contribution in [0.5, 0.6) is 17.2 Å². The fourth-order valence-electron chi connectivity index (χ4n) is 3.20. The number of benzene rings is 1. The van der Waals surface area contributed by atoms with E-state index >= 15 is 0 Å². The van der Waals surface area contributed by atoms with Crippen LogP contribution < -0.4 is 30.4 Å². The summed E-state index contributed by atoms with van der Waals surface area (Å²) in [6, 6.07) is 4.50. The fraction of sp³-hybridized carbons (Fsp3) is 0.421. The van der Waals surface area contributed by atoms with E-state index < -0.39 is 6.03 Å². The van der Waals surface area contributed by atoms with Gasteiger partial charge in [-0.05, 0) is 24.8 Å². The summed E-state index contributed by atoms with van der Waals surface area (Å²) in [6.45, 7) is 0.566. The van der Waals surface area contributed by atoms with Crippen molar-refractivity contribution in [3.63, 3.8) is 0 Å². The number of nitrogens with one attached hydrogen (secondary N) is 2. The van der Waals surface area contributed by atoms with Gasteiger partial charge in [0, 0.05) is 24.7 Å². The predicted molar refractivity (Wildman–Crippen MR) is 104 cm³/mol. The second-order valence-corrected chi connectivity index (χ2v) is 6.33. The van der Waals surface area contributed by atoms with E-state index in [9.17, 15) is 9.59 Å². The lowest BCUT2D eigenvalue weighted by molar-refractivity contribution is 0.251. The van der Waals surface area contributed by atoms with Crippen LogP contribution in [0.15, 0.2) is 23.0 Å². The van der Waals surface area contributed by atoms with Crippen molar-refractivity contribution in [2.75, 3.05) is 33.2 Å². The molecule has 0 aliphatic heterocycles. The molecule has 1 aromatic heterocycles. The van der Waals surface area contributed by atoms with Crippen molar-refractivity contribution in [2.24, 2.45) is 0 Å². The number of amides is 2. The summed E-state index contributed by atoms with van der Waals surface area (Å²) in [5.41, 5.74) is 2.35. The van der Waals surface area contributed by atoms with Gasteiger partial charge in [-0.25, -0.2) is 9.48 Å². The molecular weight excluding hydrogens is 364 g/mol. The van der Waals surface area contributed by atoms with E-state index in [1.54, 1.807) is 18.2 Å². The van der Waals surface area contributed by atoms with E-state index in [1.807, 2.05) is 0 Å². The lowest BCUT2D eigenvalue weighted by Gasteiger charge is -2.15. The molecular formula is C19H24N4O5. The van der Waals surface area contributed by atoms with Crippen LogP contribution in [-0.4, -0.2) is 43.7 Å². The van der Waals surface area contributed by atoms with Crippen LogP contribution in [0, 0.1) is 0 Å². The molecule has 0 spiro atoms. The first kappa shape index (κ1) is 19.5. The quantitative estimate of drug-likeness (QED) is 0.746. The van der Waals surface area contributed by atoms with Gasteiger partial charge in [-0.15, -0.1) is 0 Å². The zero-order chi connectivity index (χ0) is 20.1. The Bertz CT molecular complexity index is 900. The molecule has 2 aromatic rings. The number of aryl methyl sites for hydroxylation is 2. The minimum absolute atomic E-state index is 0.146. The van der Waals surface area contributed by atoms with E-state index in [4.69, 9.17) is 14.2 Å². The van der Waals surface area contributed by atoms with Crippen molar-refractivity contribution in [1.82, 2.24) is 15.1 Å². The van der Waals surface area contributed by atoms with E-state index in [0.717, 1.165) is 30.5 Å². The molecule has 0 bridgehead atoms. The lowest BCUT2D eigenvalue weighted by atomic mass is 10.2. The molecule has 0 saturated heterocycles. The lowest BCUT2D eigenvalue weighted by Crippen LogP contribution is -2.34. The van der Waals surface area contributed by atoms with E-state index in [-0.39, 0.29) is 12.1 Å². The molecule has 1 aliphatic rings. The van der Waals surface area contributed by atoms with Gasteiger partial charge in [0.2, 0.25) is 5.75 Å². The average molecular weight is 388 g/mol. The monoisotopic (exact) mass is 388 g/mol. The molecule has 9 heteroatoms. The summed E-state index contributed by atoms with van der Waals surface area (Å²) in [5, 5.41) is 9.81. The van der Waals surface area contributed by atoms with Crippen molar-refractivity contribution in [3.8, 4) is 17.2 Å². The Kier molecular flexibility index (Phi) is 6.03. The summed E-state index contributed by atoms with van der Waals surface area (Å²) < 4.78 is 17.2. The highest BCUT2D eigenvalue weighted by atomic mass is 16.5. The van der Waals surface area contributed by atoms with E-state index in [0.29, 0.717) is 29.5 Å². The number of anilines is 1. The van der Waals surface area contributed by atoms with Gasteiger partial charge < -0.3 is 24.8 Å². The van der Waals surface area contributed by atoms with Gasteiger partial charge in [-0.1, -0.05) is 0 Å². The maximum Gasteiger partial charge on any atom is 0.319 e. The Hall–Kier alpha value is -3.23. The third kappa shape index (κ3) is 4.19. The number of aromatic nitrogens is 2. The first-order valence-electron chi connectivity index (χ1n) is 9.00. The average Bonchev–Trinajstić information content (AvgIpc) is 3.14. The van der Waals surface area contributed by atoms with Crippen molar-refractivity contribution in [2.45, 2.75) is 25.8 Å². The smallest absolute Gasteiger partial charge is 0.319 e. The molecule has 0 fully saturated rings. The first-order valence-corrected chi connectivity index (χ1v) is 9.00. The summed E-state index contributed by atoms with van der Waals surface area (Å²) in [4.78, 5) is 24.3. The molecule has 0 radical (unpaired) electrons. The third-order valence-corrected chi connectivity index (χ3v) is 4.56. The Morgan fingerprint density at radius 2 is 1.82 bits per heavy atom. The van der Waals surface area contributed by atoms with Crippen molar-refractivity contribution < 1.29 is 19.0 Å². The second-order valence-electron chi connectivity index (χ2n) is 6.33. The van der Waals surface area contributed by atoms with Crippen LogP contribution >= 0.6 is 0 Å². The van der Waals surface area contributed by atoms with Crippen LogP contribution in [0.4, 0.5) is 10.5 Å². The number of ether oxygens (including phenoxy) is 3. The van der Waals surface area contributed by atoms with Crippen LogP contribution in [0.2, 0.25) is 0 Å². The topological polar surface area (TPSA) is 104 Å². The van der Waals surface area contributed by atoms with Crippen LogP contribution in [0.25, 0.3) is 0 Å². The summed E-state index contributed by atoms with van der Waals surface area (Å²) in [5.74, 6) is 1.31. The summed E-state index contributed by atoms with van der Waals surface area (Å²) >= 11 is 0. The summed E-state index contributed by atoms with van der Waals surface area (Å²) in [7, 11) is 4.51. The zero-order valence-electron chi connectivity index (χ0n) is 16.2. The minimum Gasteiger partial charge on any atom is -0.493 e. The molecule has 0 unspecified atom stereocenters. The van der Waals surface area contributed by atoms with Gasteiger partial charge in [-0.3, -0.25) is 4.79 Å². The Morgan fingerprint density at radius 3 is 2.46 bits per heavy atom. The van der Waals surface area contributed by atoms with Gasteiger partial charge >= 0.3 is 6.03 Å². The molecule has 28 heavy (non-hydrogen) atoms. The second kappa shape index (κ2) is 8.64. The number of carbonyl (C=O) groups is 1. The summed E-state index contributed by atoms with van der Waals surface area (Å²) in [6.07, 6.45) is 2.83. The van der Waals surface area contributed by atoms with Gasteiger partial charge in [0.05, 0.1) is 39.3 Å². The van der Waals surface area contributed by atoms with Crippen molar-refractivity contribution in [1.29, 1.82) is 0 Å². The largest absolute Gasteiger partial charge is 0.493 e. The van der Waals surface area contributed by atoms with Crippen molar-refractivity contribution >= 4 is 11.7 Å². The maximum absolute atomic E-state index is 12.2. The van der Waals surface area contributed by atoms with Gasteiger partial charge in [0.25, 0.3) is 5.56 Å². The molecule has 0 saturated carbocycles. The molecule has 1 aliphatic carbocycles. The van der Waals surface area contributed by atoms with Crippen LogP contribution in [0.1, 0.15) is 17.7 Å². The number of nitrogens with zero attached hydrogens (tertiary/aromatic N) is 2. The molecule has 1 heterocycles. The number of hydrogen-bond acceptors (Lipinski definition) is 6. The van der Waals surface area contributed by atoms with E-state index in [2.05, 4.69) is 15.7 Å². The molecule has 2 N–H and O–H groups in total. The highest BCUT2D eigenvalue weighted by Crippen LogP contribution is 2.39. The van der Waals surface area contributed by atoms with Gasteiger partial charge in [-0.2, -0.15) is 5.10 Å². The van der Waals surface area contributed by atoms with Gasteiger partial charge in [0.1, 0.15) is 0 Å². The standard InChI is InChI=1S/C19H24N4O5/c1-26-15-10-13(11-16(27-2)18(15)28-3)21-19(25)20-7-8-23-17(24)9-12-5-4-6-14(12)22-23/h9-11H,4-8H2,1-3H3,(H2,20,21,25). The molecule has 9 nitrogen and oxygen atoms in total. The molecule has 150 valence electrons. The normalized spacial score (nSPS) is 12.2. The van der Waals surface area contributed by atoms with Crippen LogP contribution in [0.3, 0.4) is 0 Å². The molecule has 0 atom stereocenters. The third-order valence-electron chi connectivity index (χ3n) is 4.56.